The van der Waals surface area contributed by atoms with Crippen LogP contribution in [0.4, 0.5) is 18.9 Å². The molecule has 38 heavy (non-hydrogen) atoms. The van der Waals surface area contributed by atoms with Gasteiger partial charge >= 0.3 is 6.18 Å². The molecule has 2 rings (SSSR count). The number of benzene rings is 1. The van der Waals surface area contributed by atoms with Crippen LogP contribution in [0.3, 0.4) is 0 Å². The predicted molar refractivity (Wildman–Crippen MR) is 152 cm³/mol. The van der Waals surface area contributed by atoms with Crippen molar-refractivity contribution in [2.45, 2.75) is 77.7 Å². The van der Waals surface area contributed by atoms with Crippen molar-refractivity contribution in [1.29, 1.82) is 0 Å². The van der Waals surface area contributed by atoms with Gasteiger partial charge in [-0.2, -0.15) is 13.2 Å². The number of rotatable bonds is 12. The van der Waals surface area contributed by atoms with E-state index in [0.717, 1.165) is 19.6 Å². The summed E-state index contributed by atoms with van der Waals surface area (Å²) in [5.74, 6) is 0. The maximum Gasteiger partial charge on any atom is 0.416 e. The summed E-state index contributed by atoms with van der Waals surface area (Å²) in [6.07, 6.45) is -3.96. The molecular formula is C29H52F3N5O. The fraction of sp³-hybridized carbons (Fsp3) is 0.793. The van der Waals surface area contributed by atoms with Crippen molar-refractivity contribution in [3.8, 4) is 0 Å². The number of halogens is 3. The minimum absolute atomic E-state index is 0.00340. The highest BCUT2D eigenvalue weighted by molar-refractivity contribution is 5.53. The zero-order valence-electron chi connectivity index (χ0n) is 25.2. The number of alkyl halides is 3. The van der Waals surface area contributed by atoms with Gasteiger partial charge in [-0.15, -0.1) is 0 Å². The van der Waals surface area contributed by atoms with E-state index >= 15 is 0 Å². The van der Waals surface area contributed by atoms with Crippen LogP contribution in [-0.2, 0) is 17.3 Å². The van der Waals surface area contributed by atoms with E-state index in [9.17, 15) is 13.2 Å². The summed E-state index contributed by atoms with van der Waals surface area (Å²) in [5.41, 5.74) is 0.272. The molecule has 0 spiro atoms. The van der Waals surface area contributed by atoms with Gasteiger partial charge in [-0.25, -0.2) is 0 Å². The third-order valence-electron chi connectivity index (χ3n) is 6.93. The van der Waals surface area contributed by atoms with Crippen LogP contribution in [0.1, 0.15) is 59.6 Å². The first-order valence-corrected chi connectivity index (χ1v) is 13.8. The Hall–Kier alpha value is -1.39. The van der Waals surface area contributed by atoms with Crippen molar-refractivity contribution in [3.05, 3.63) is 29.3 Å². The normalized spacial score (nSPS) is 17.8. The second-order valence-electron chi connectivity index (χ2n) is 13.2. The van der Waals surface area contributed by atoms with Crippen molar-refractivity contribution < 1.29 is 17.9 Å². The second-order valence-corrected chi connectivity index (χ2v) is 13.2. The van der Waals surface area contributed by atoms with Gasteiger partial charge in [-0.05, 0) is 92.7 Å². The summed E-state index contributed by atoms with van der Waals surface area (Å²) < 4.78 is 47.9. The molecule has 0 saturated carbocycles. The maximum atomic E-state index is 14.0. The molecule has 1 aromatic rings. The molecule has 1 heterocycles. The third-order valence-corrected chi connectivity index (χ3v) is 6.93. The first kappa shape index (κ1) is 32.8. The Labute approximate surface area is 229 Å². The van der Waals surface area contributed by atoms with E-state index in [0.29, 0.717) is 57.1 Å². The van der Waals surface area contributed by atoms with E-state index < -0.39 is 17.3 Å². The average Bonchev–Trinajstić information content (AvgIpc) is 2.76. The van der Waals surface area contributed by atoms with Gasteiger partial charge in [0.25, 0.3) is 0 Å². The SMILES string of the molecule is CN(C)CCNC(C)(COCCNC(C)(C)C)Cc1cc(N2CCN(C(C)(C)C)CC2)cc(C(F)(F)F)c1. The Kier molecular flexibility index (Phi) is 11.5. The molecule has 0 aromatic heterocycles. The molecule has 2 N–H and O–H groups in total. The standard InChI is InChI=1S/C29H52F3N5O/c1-26(2,3)33-11-17-38-22-28(7,34-10-12-35(8)9)21-23-18-24(29(30,31)32)20-25(19-23)36-13-15-37(16-14-36)27(4,5)6/h18-20,33-34H,10-17,21-22H2,1-9H3. The number of ether oxygens (including phenoxy) is 1. The molecule has 1 fully saturated rings. The lowest BCUT2D eigenvalue weighted by Gasteiger charge is -2.43. The number of nitrogens with one attached hydrogen (secondary N) is 2. The van der Waals surface area contributed by atoms with Crippen LogP contribution in [0.2, 0.25) is 0 Å². The lowest BCUT2D eigenvalue weighted by atomic mass is 9.91. The van der Waals surface area contributed by atoms with Crippen LogP contribution in [-0.4, -0.2) is 99.5 Å². The molecule has 1 saturated heterocycles. The first-order valence-electron chi connectivity index (χ1n) is 13.8. The summed E-state index contributed by atoms with van der Waals surface area (Å²) >= 11 is 0. The van der Waals surface area contributed by atoms with Crippen LogP contribution in [0.15, 0.2) is 18.2 Å². The van der Waals surface area contributed by atoms with Gasteiger partial charge in [0.05, 0.1) is 18.8 Å². The monoisotopic (exact) mass is 543 g/mol. The lowest BCUT2D eigenvalue weighted by Crippen LogP contribution is -2.53. The van der Waals surface area contributed by atoms with Gasteiger partial charge in [-0.3, -0.25) is 4.90 Å². The fourth-order valence-electron chi connectivity index (χ4n) is 4.75. The van der Waals surface area contributed by atoms with Gasteiger partial charge in [0.2, 0.25) is 0 Å². The molecule has 1 aliphatic heterocycles. The Morgan fingerprint density at radius 2 is 1.50 bits per heavy atom. The zero-order chi connectivity index (χ0) is 28.8. The number of hydrogen-bond acceptors (Lipinski definition) is 6. The molecule has 0 aliphatic carbocycles. The zero-order valence-corrected chi connectivity index (χ0v) is 25.2. The van der Waals surface area contributed by atoms with Crippen molar-refractivity contribution in [3.63, 3.8) is 0 Å². The summed E-state index contributed by atoms with van der Waals surface area (Å²) in [7, 11) is 4.01. The third kappa shape index (κ3) is 11.4. The molecule has 0 radical (unpaired) electrons. The summed E-state index contributed by atoms with van der Waals surface area (Å²) in [6.45, 7) is 21.2. The van der Waals surface area contributed by atoms with Crippen LogP contribution >= 0.6 is 0 Å². The van der Waals surface area contributed by atoms with Gasteiger partial charge < -0.3 is 25.2 Å². The lowest BCUT2D eigenvalue weighted by molar-refractivity contribution is -0.137. The van der Waals surface area contributed by atoms with E-state index in [1.807, 2.05) is 27.1 Å². The van der Waals surface area contributed by atoms with Crippen LogP contribution in [0, 0.1) is 0 Å². The average molecular weight is 544 g/mol. The van der Waals surface area contributed by atoms with E-state index in [-0.39, 0.29) is 11.1 Å². The van der Waals surface area contributed by atoms with Crippen LogP contribution < -0.4 is 15.5 Å². The molecular weight excluding hydrogens is 491 g/mol. The minimum atomic E-state index is -4.40. The molecule has 1 atom stereocenters. The van der Waals surface area contributed by atoms with E-state index in [2.05, 4.69) is 66.9 Å². The van der Waals surface area contributed by atoms with Gasteiger partial charge in [0.1, 0.15) is 0 Å². The maximum absolute atomic E-state index is 14.0. The molecule has 9 heteroatoms. The summed E-state index contributed by atoms with van der Waals surface area (Å²) in [4.78, 5) is 6.56. The molecule has 0 amide bonds. The van der Waals surface area contributed by atoms with Gasteiger partial charge in [0.15, 0.2) is 0 Å². The highest BCUT2D eigenvalue weighted by Gasteiger charge is 2.34. The molecule has 6 nitrogen and oxygen atoms in total. The smallest absolute Gasteiger partial charge is 0.378 e. The first-order chi connectivity index (χ1) is 17.4. The highest BCUT2D eigenvalue weighted by atomic mass is 19.4. The molecule has 220 valence electrons. The van der Waals surface area contributed by atoms with Crippen molar-refractivity contribution in [2.24, 2.45) is 0 Å². The number of nitrogens with zero attached hydrogens (tertiary/aromatic N) is 3. The Morgan fingerprint density at radius 1 is 0.868 bits per heavy atom. The minimum Gasteiger partial charge on any atom is -0.378 e. The predicted octanol–water partition coefficient (Wildman–Crippen LogP) is 4.48. The van der Waals surface area contributed by atoms with Crippen molar-refractivity contribution in [2.75, 3.05) is 78.0 Å². The Morgan fingerprint density at radius 3 is 2.03 bits per heavy atom. The van der Waals surface area contributed by atoms with Crippen LogP contribution in [0.25, 0.3) is 0 Å². The Balaban J connectivity index is 2.22. The summed E-state index contributed by atoms with van der Waals surface area (Å²) in [5, 5.41) is 6.98. The highest BCUT2D eigenvalue weighted by Crippen LogP contribution is 2.34. The number of piperazine rings is 1. The molecule has 0 bridgehead atoms. The van der Waals surface area contributed by atoms with Crippen molar-refractivity contribution >= 4 is 5.69 Å². The van der Waals surface area contributed by atoms with Gasteiger partial charge in [0, 0.05) is 68.1 Å². The fourth-order valence-corrected chi connectivity index (χ4v) is 4.75. The van der Waals surface area contributed by atoms with E-state index in [4.69, 9.17) is 4.74 Å². The van der Waals surface area contributed by atoms with Crippen molar-refractivity contribution in [1.82, 2.24) is 20.4 Å². The Bertz CT molecular complexity index is 855. The number of anilines is 1. The molecule has 1 aliphatic rings. The van der Waals surface area contributed by atoms with Crippen LogP contribution in [0.5, 0.6) is 0 Å². The summed E-state index contributed by atoms with van der Waals surface area (Å²) in [6, 6.07) is 4.55. The second kappa shape index (κ2) is 13.3. The number of hydrogen-bond donors (Lipinski definition) is 2. The van der Waals surface area contributed by atoms with E-state index in [1.165, 1.54) is 12.1 Å². The van der Waals surface area contributed by atoms with E-state index in [1.54, 1.807) is 0 Å². The molecule has 1 unspecified atom stereocenters. The van der Waals surface area contributed by atoms with Gasteiger partial charge in [-0.1, -0.05) is 0 Å². The number of likely N-dealkylation sites (N-methyl/N-ethyl adjacent to an activating group) is 1. The largest absolute Gasteiger partial charge is 0.416 e. The topological polar surface area (TPSA) is 43.0 Å². The quantitative estimate of drug-likeness (QED) is 0.379. The molecule has 1 aromatic carbocycles.